The molecule has 0 saturated heterocycles. The van der Waals surface area contributed by atoms with Gasteiger partial charge in [0, 0.05) is 47.5 Å². The number of nitrogens with two attached hydrogens (primary N) is 1. The van der Waals surface area contributed by atoms with Crippen molar-refractivity contribution in [2.24, 2.45) is 10.7 Å². The van der Waals surface area contributed by atoms with E-state index in [4.69, 9.17) is 15.5 Å². The number of phenolic OH excluding ortho intramolecular Hbond substituents is 1. The number of fused-ring (bicyclic) bond motifs is 4. The van der Waals surface area contributed by atoms with Gasteiger partial charge in [0.2, 0.25) is 0 Å². The molecule has 1 saturated carbocycles. The molecule has 0 radical (unpaired) electrons. The quantitative estimate of drug-likeness (QED) is 0.142. The number of aliphatic hydroxyl groups is 2. The molecule has 50 heavy (non-hydrogen) atoms. The number of hydrogen-bond donors (Lipinski definition) is 5. The summed E-state index contributed by atoms with van der Waals surface area (Å²) in [5.41, 5.74) is 18.4. The predicted octanol–water partition coefficient (Wildman–Crippen LogP) is 6.34. The lowest BCUT2D eigenvalue weighted by Gasteiger charge is -2.46. The van der Waals surface area contributed by atoms with Gasteiger partial charge in [0.1, 0.15) is 11.9 Å². The summed E-state index contributed by atoms with van der Waals surface area (Å²) in [6.07, 6.45) is 8.29. The number of carbonyl (C=O) groups is 1. The van der Waals surface area contributed by atoms with Crippen LogP contribution in [0.1, 0.15) is 92.6 Å². The van der Waals surface area contributed by atoms with E-state index in [1.807, 2.05) is 6.92 Å². The molecule has 260 valence electrons. The van der Waals surface area contributed by atoms with Crippen LogP contribution in [0.4, 0.5) is 5.69 Å². The van der Waals surface area contributed by atoms with Gasteiger partial charge in [-0.3, -0.25) is 9.79 Å². The molecular formula is C41H46N4O5. The normalized spacial score (nSPS) is 23.6. The Balaban J connectivity index is 0.977. The summed E-state index contributed by atoms with van der Waals surface area (Å²) in [5, 5.41) is 34.3. The van der Waals surface area contributed by atoms with Crippen LogP contribution in [0.5, 0.6) is 11.5 Å². The fraction of sp³-hybridized carbons (Fsp3) is 0.415. The van der Waals surface area contributed by atoms with Gasteiger partial charge in [-0.1, -0.05) is 56.2 Å². The zero-order valence-corrected chi connectivity index (χ0v) is 28.6. The predicted molar refractivity (Wildman–Crippen MR) is 194 cm³/mol. The summed E-state index contributed by atoms with van der Waals surface area (Å²) in [7, 11) is 0. The molecule has 6 N–H and O–H groups in total. The highest BCUT2D eigenvalue weighted by Gasteiger charge is 2.55. The van der Waals surface area contributed by atoms with E-state index >= 15 is 0 Å². The largest absolute Gasteiger partial charge is 0.504 e. The summed E-state index contributed by atoms with van der Waals surface area (Å²) >= 11 is 0. The van der Waals surface area contributed by atoms with Crippen molar-refractivity contribution in [2.75, 3.05) is 18.6 Å². The summed E-state index contributed by atoms with van der Waals surface area (Å²) in [5.74, 6) is 0.685. The molecule has 5 aliphatic rings. The van der Waals surface area contributed by atoms with Crippen LogP contribution >= 0.6 is 0 Å². The monoisotopic (exact) mass is 674 g/mol. The first-order valence-electron chi connectivity index (χ1n) is 18.1. The fourth-order valence-electron chi connectivity index (χ4n) is 9.25. The molecule has 0 aromatic heterocycles. The number of nitrogens with one attached hydrogen (secondary N) is 1. The van der Waals surface area contributed by atoms with Crippen molar-refractivity contribution in [1.82, 2.24) is 4.90 Å². The average molecular weight is 675 g/mol. The Kier molecular flexibility index (Phi) is 8.53. The number of phenols is 1. The smallest absolute Gasteiger partial charge is 0.163 e. The Labute approximate surface area is 293 Å². The maximum atomic E-state index is 12.5. The highest BCUT2D eigenvalue weighted by Crippen LogP contribution is 2.66. The maximum absolute atomic E-state index is 12.5. The standard InChI is InChI=1S/C41H46N4O5/c1-2-6-25(46)18-27(48)19-26(47)14-12-24-13-15-36(49)37(17-24)50-23-45-21-30-33(20-43-35(30)22-45)41-16-5-10-31(41)28-7-4-11-34-39(28)38-29(40(42)44-34)8-3-9-32(38)41/h3-4,7-9,11,13,15,17,20-21,25,27,31,40,44,46,48-49H,2,5-6,10,12,14,16,18-19,22-23,42H2,1H3. The molecule has 0 spiro atoms. The molecule has 5 atom stereocenters. The third kappa shape index (κ3) is 5.52. The Bertz CT molecular complexity index is 1930. The molecule has 8 rings (SSSR count). The van der Waals surface area contributed by atoms with E-state index in [-0.39, 0.29) is 49.1 Å². The van der Waals surface area contributed by atoms with Gasteiger partial charge in [0.05, 0.1) is 24.5 Å². The number of hydrogen-bond acceptors (Lipinski definition) is 9. The second kappa shape index (κ2) is 13.0. The zero-order valence-electron chi connectivity index (χ0n) is 28.6. The third-order valence-electron chi connectivity index (χ3n) is 11.4. The van der Waals surface area contributed by atoms with Gasteiger partial charge in [0.25, 0.3) is 0 Å². The Morgan fingerprint density at radius 1 is 1.12 bits per heavy atom. The summed E-state index contributed by atoms with van der Waals surface area (Å²) < 4.78 is 6.16. The van der Waals surface area contributed by atoms with Crippen LogP contribution in [-0.4, -0.2) is 57.2 Å². The first-order valence-corrected chi connectivity index (χ1v) is 18.1. The number of ether oxygens (including phenoxy) is 1. The van der Waals surface area contributed by atoms with E-state index in [0.717, 1.165) is 53.8 Å². The number of carbonyl (C=O) groups excluding carboxylic acids is 1. The minimum Gasteiger partial charge on any atom is -0.504 e. The number of benzene rings is 3. The van der Waals surface area contributed by atoms with Gasteiger partial charge in [-0.05, 0) is 89.6 Å². The summed E-state index contributed by atoms with van der Waals surface area (Å²) in [6.45, 7) is 2.83. The number of nitrogens with zero attached hydrogens (tertiary/aromatic N) is 2. The average Bonchev–Trinajstić information content (AvgIpc) is 3.82. The van der Waals surface area contributed by atoms with E-state index in [1.165, 1.54) is 27.8 Å². The van der Waals surface area contributed by atoms with Crippen molar-refractivity contribution in [1.29, 1.82) is 0 Å². The maximum Gasteiger partial charge on any atom is 0.163 e. The van der Waals surface area contributed by atoms with Crippen LogP contribution in [0.3, 0.4) is 0 Å². The molecule has 0 bridgehead atoms. The van der Waals surface area contributed by atoms with Crippen molar-refractivity contribution < 1.29 is 24.9 Å². The summed E-state index contributed by atoms with van der Waals surface area (Å²) in [4.78, 5) is 19.6. The lowest BCUT2D eigenvalue weighted by molar-refractivity contribution is -0.121. The number of aromatic hydroxyl groups is 1. The molecule has 3 aromatic carbocycles. The second-order valence-corrected chi connectivity index (χ2v) is 14.6. The zero-order chi connectivity index (χ0) is 34.6. The Morgan fingerprint density at radius 3 is 2.82 bits per heavy atom. The van der Waals surface area contributed by atoms with Gasteiger partial charge in [-0.2, -0.15) is 0 Å². The van der Waals surface area contributed by atoms with Crippen molar-refractivity contribution in [2.45, 2.75) is 94.4 Å². The van der Waals surface area contributed by atoms with Crippen molar-refractivity contribution in [3.8, 4) is 22.6 Å². The molecule has 9 nitrogen and oxygen atoms in total. The molecule has 5 unspecified atom stereocenters. The minimum atomic E-state index is -0.841. The lowest BCUT2D eigenvalue weighted by Crippen LogP contribution is -2.38. The Hall–Kier alpha value is -4.44. The van der Waals surface area contributed by atoms with Gasteiger partial charge < -0.3 is 36.0 Å². The topological polar surface area (TPSA) is 141 Å². The number of rotatable bonds is 13. The fourth-order valence-corrected chi connectivity index (χ4v) is 9.25. The number of Topliss-reactive ketones (excluding diaryl/α,β-unsaturated/α-hetero) is 1. The van der Waals surface area contributed by atoms with Gasteiger partial charge in [-0.15, -0.1) is 0 Å². The van der Waals surface area contributed by atoms with Crippen LogP contribution in [0, 0.1) is 0 Å². The first kappa shape index (κ1) is 32.7. The molecule has 3 heterocycles. The summed E-state index contributed by atoms with van der Waals surface area (Å²) in [6, 6.07) is 18.4. The van der Waals surface area contributed by atoms with Crippen LogP contribution in [-0.2, 0) is 16.6 Å². The van der Waals surface area contributed by atoms with E-state index in [9.17, 15) is 20.1 Å². The lowest BCUT2D eigenvalue weighted by atomic mass is 9.57. The van der Waals surface area contributed by atoms with Gasteiger partial charge in [0.15, 0.2) is 18.2 Å². The van der Waals surface area contributed by atoms with Crippen LogP contribution in [0.2, 0.25) is 0 Å². The molecular weight excluding hydrogens is 628 g/mol. The Morgan fingerprint density at radius 2 is 1.96 bits per heavy atom. The van der Waals surface area contributed by atoms with Crippen molar-refractivity contribution in [3.05, 3.63) is 100 Å². The number of anilines is 1. The highest BCUT2D eigenvalue weighted by molar-refractivity contribution is 6.10. The number of allylic oxidation sites excluding steroid dienone is 1. The molecule has 3 aliphatic heterocycles. The number of aliphatic hydroxyl groups excluding tert-OH is 2. The van der Waals surface area contributed by atoms with E-state index in [1.54, 1.807) is 18.2 Å². The number of aliphatic imine (C=N–C) groups is 1. The number of aryl methyl sites for hydroxylation is 1. The van der Waals surface area contributed by atoms with Gasteiger partial charge in [-0.25, -0.2) is 0 Å². The SMILES string of the molecule is CCCC(O)CC(O)CC(=O)CCc1ccc(O)c(OCN2C=C3C(C45CCCC4c4cccc6c4-c4c(cccc45)C(N)N6)=CN=C3C2)c1. The minimum absolute atomic E-state index is 0.0270. The number of ketones is 1. The highest BCUT2D eigenvalue weighted by atomic mass is 16.5. The molecule has 2 aliphatic carbocycles. The van der Waals surface area contributed by atoms with Crippen LogP contribution < -0.4 is 15.8 Å². The van der Waals surface area contributed by atoms with E-state index in [0.29, 0.717) is 31.1 Å². The van der Waals surface area contributed by atoms with E-state index < -0.39 is 12.2 Å². The molecule has 1 fully saturated rings. The van der Waals surface area contributed by atoms with Crippen molar-refractivity contribution >= 4 is 17.2 Å². The molecule has 0 amide bonds. The molecule has 9 heteroatoms. The van der Waals surface area contributed by atoms with E-state index in [2.05, 4.69) is 59.0 Å². The molecule has 3 aromatic rings. The third-order valence-corrected chi connectivity index (χ3v) is 11.4. The van der Waals surface area contributed by atoms with Crippen molar-refractivity contribution in [3.63, 3.8) is 0 Å². The first-order chi connectivity index (χ1) is 24.3. The van der Waals surface area contributed by atoms with Crippen LogP contribution in [0.25, 0.3) is 11.1 Å². The van der Waals surface area contributed by atoms with Crippen LogP contribution in [0.15, 0.2) is 83.1 Å². The second-order valence-electron chi connectivity index (χ2n) is 14.6. The van der Waals surface area contributed by atoms with Gasteiger partial charge >= 0.3 is 0 Å².